The second kappa shape index (κ2) is 7.60. The summed E-state index contributed by atoms with van der Waals surface area (Å²) in [5, 5.41) is 0. The summed E-state index contributed by atoms with van der Waals surface area (Å²) in [6.07, 6.45) is 0.681. The maximum absolute atomic E-state index is 12.7. The van der Waals surface area contributed by atoms with Crippen molar-refractivity contribution >= 4 is 44.7 Å². The van der Waals surface area contributed by atoms with Gasteiger partial charge in [-0.15, -0.1) is 23.1 Å². The van der Waals surface area contributed by atoms with Crippen molar-refractivity contribution in [3.05, 3.63) is 46.6 Å². The minimum absolute atomic E-state index is 0.221. The maximum Gasteiger partial charge on any atom is 0.250 e. The zero-order chi connectivity index (χ0) is 15.3. The van der Waals surface area contributed by atoms with E-state index in [1.807, 2.05) is 0 Å². The molecular weight excluding hydrogens is 353 g/mol. The van der Waals surface area contributed by atoms with E-state index >= 15 is 0 Å². The first-order valence-corrected chi connectivity index (χ1v) is 9.77. The first kappa shape index (κ1) is 16.8. The topological polar surface area (TPSA) is 46.2 Å². The average molecular weight is 366 g/mol. The fourth-order valence-corrected chi connectivity index (χ4v) is 4.97. The Balaban J connectivity index is 1.73. The molecule has 0 aliphatic heterocycles. The van der Waals surface area contributed by atoms with Crippen LogP contribution in [0.2, 0.25) is 4.34 Å². The second-order valence-electron chi connectivity index (χ2n) is 4.11. The van der Waals surface area contributed by atoms with E-state index in [0.717, 1.165) is 22.0 Å². The largest absolute Gasteiger partial charge is 0.250 e. The number of sulfonamides is 1. The molecular formula is C13H13ClFNO2S3. The van der Waals surface area contributed by atoms with Crippen LogP contribution in [-0.4, -0.2) is 20.7 Å². The molecule has 3 nitrogen and oxygen atoms in total. The molecule has 0 fully saturated rings. The summed E-state index contributed by atoms with van der Waals surface area (Å²) in [5.74, 6) is 0.487. The van der Waals surface area contributed by atoms with Gasteiger partial charge in [0.05, 0.1) is 4.34 Å². The van der Waals surface area contributed by atoms with Gasteiger partial charge in [0.2, 0.25) is 10.0 Å². The van der Waals surface area contributed by atoms with E-state index in [1.54, 1.807) is 30.0 Å². The van der Waals surface area contributed by atoms with Crippen LogP contribution >= 0.6 is 34.7 Å². The molecule has 0 unspecified atom stereocenters. The number of thioether (sulfide) groups is 1. The fourth-order valence-electron chi connectivity index (χ4n) is 1.51. The molecule has 21 heavy (non-hydrogen) atoms. The van der Waals surface area contributed by atoms with Gasteiger partial charge in [0, 0.05) is 11.4 Å². The molecule has 0 radical (unpaired) electrons. The smallest absolute Gasteiger partial charge is 0.210 e. The molecule has 1 N–H and O–H groups in total. The van der Waals surface area contributed by atoms with E-state index in [2.05, 4.69) is 4.72 Å². The van der Waals surface area contributed by atoms with Crippen molar-refractivity contribution in [2.45, 2.75) is 15.5 Å². The monoisotopic (exact) mass is 365 g/mol. The molecule has 0 amide bonds. The van der Waals surface area contributed by atoms with Crippen LogP contribution in [0.1, 0.15) is 6.42 Å². The van der Waals surface area contributed by atoms with Crippen molar-refractivity contribution in [1.82, 2.24) is 4.72 Å². The Morgan fingerprint density at radius 1 is 1.19 bits per heavy atom. The van der Waals surface area contributed by atoms with E-state index < -0.39 is 10.0 Å². The zero-order valence-corrected chi connectivity index (χ0v) is 14.1. The van der Waals surface area contributed by atoms with Crippen molar-refractivity contribution in [3.8, 4) is 0 Å². The highest BCUT2D eigenvalue weighted by atomic mass is 35.5. The van der Waals surface area contributed by atoms with Crippen LogP contribution in [-0.2, 0) is 10.0 Å². The summed E-state index contributed by atoms with van der Waals surface area (Å²) in [6.45, 7) is 0.353. The van der Waals surface area contributed by atoms with Gasteiger partial charge >= 0.3 is 0 Å². The molecule has 1 aromatic heterocycles. The molecule has 2 aromatic rings. The Labute approximate surface area is 136 Å². The van der Waals surface area contributed by atoms with Gasteiger partial charge in [0.1, 0.15) is 10.0 Å². The Morgan fingerprint density at radius 2 is 1.90 bits per heavy atom. The Kier molecular flexibility index (Phi) is 6.07. The minimum atomic E-state index is -3.46. The van der Waals surface area contributed by atoms with Gasteiger partial charge in [-0.2, -0.15) is 0 Å². The quantitative estimate of drug-likeness (QED) is 0.595. The van der Waals surface area contributed by atoms with Gasteiger partial charge in [-0.3, -0.25) is 0 Å². The predicted octanol–water partition coefficient (Wildman–Crippen LogP) is 4.00. The fraction of sp³-hybridized carbons (Fsp3) is 0.231. The van der Waals surface area contributed by atoms with Crippen LogP contribution in [0.3, 0.4) is 0 Å². The third-order valence-corrected chi connectivity index (χ3v) is 6.79. The summed E-state index contributed by atoms with van der Waals surface area (Å²) in [7, 11) is -3.46. The molecule has 1 heterocycles. The van der Waals surface area contributed by atoms with Crippen molar-refractivity contribution in [1.29, 1.82) is 0 Å². The van der Waals surface area contributed by atoms with Crippen LogP contribution in [0.15, 0.2) is 45.5 Å². The molecule has 2 rings (SSSR count). The van der Waals surface area contributed by atoms with Gasteiger partial charge in [-0.25, -0.2) is 17.5 Å². The lowest BCUT2D eigenvalue weighted by atomic mass is 10.4. The van der Waals surface area contributed by atoms with Crippen molar-refractivity contribution in [3.63, 3.8) is 0 Å². The number of rotatable bonds is 7. The zero-order valence-electron chi connectivity index (χ0n) is 10.9. The highest BCUT2D eigenvalue weighted by molar-refractivity contribution is 7.99. The predicted molar refractivity (Wildman–Crippen MR) is 86.3 cm³/mol. The van der Waals surface area contributed by atoms with Gasteiger partial charge in [-0.1, -0.05) is 11.6 Å². The molecule has 1 aromatic carbocycles. The molecule has 8 heteroatoms. The third-order valence-electron chi connectivity index (χ3n) is 2.51. The number of nitrogens with one attached hydrogen (secondary N) is 1. The third kappa shape index (κ3) is 5.27. The molecule has 0 bridgehead atoms. The molecule has 0 aliphatic rings. The van der Waals surface area contributed by atoms with Crippen LogP contribution in [0.4, 0.5) is 4.39 Å². The Hall–Kier alpha value is -0.600. The summed E-state index contributed by atoms with van der Waals surface area (Å²) in [5.41, 5.74) is 0. The first-order valence-electron chi connectivity index (χ1n) is 6.11. The lowest BCUT2D eigenvalue weighted by Gasteiger charge is -2.05. The van der Waals surface area contributed by atoms with Gasteiger partial charge in [0.25, 0.3) is 0 Å². The summed E-state index contributed by atoms with van der Waals surface area (Å²) < 4.78 is 39.7. The standard InChI is InChI=1S/C13H13ClFNO2S3/c14-12-6-7-13(20-12)21(17,18)16-8-1-9-19-11-4-2-10(15)3-5-11/h2-7,16H,1,8-9H2. The Morgan fingerprint density at radius 3 is 2.52 bits per heavy atom. The van der Waals surface area contributed by atoms with Crippen LogP contribution in [0.5, 0.6) is 0 Å². The van der Waals surface area contributed by atoms with Crippen molar-refractivity contribution < 1.29 is 12.8 Å². The summed E-state index contributed by atoms with van der Waals surface area (Å²) in [4.78, 5) is 0.962. The SMILES string of the molecule is O=S(=O)(NCCCSc1ccc(F)cc1)c1ccc(Cl)s1. The lowest BCUT2D eigenvalue weighted by Crippen LogP contribution is -2.24. The van der Waals surface area contributed by atoms with Crippen LogP contribution in [0.25, 0.3) is 0 Å². The Bertz CT molecular complexity index is 686. The van der Waals surface area contributed by atoms with E-state index in [-0.39, 0.29) is 10.0 Å². The molecule has 114 valence electrons. The molecule has 0 spiro atoms. The summed E-state index contributed by atoms with van der Waals surface area (Å²) >= 11 is 8.32. The van der Waals surface area contributed by atoms with E-state index in [9.17, 15) is 12.8 Å². The molecule has 0 aliphatic carbocycles. The number of halogens is 2. The first-order chi connectivity index (χ1) is 9.97. The molecule has 0 saturated carbocycles. The van der Waals surface area contributed by atoms with E-state index in [4.69, 9.17) is 11.6 Å². The van der Waals surface area contributed by atoms with Gasteiger partial charge in [-0.05, 0) is 48.6 Å². The van der Waals surface area contributed by atoms with Crippen LogP contribution < -0.4 is 4.72 Å². The average Bonchev–Trinajstić information content (AvgIpc) is 2.88. The van der Waals surface area contributed by atoms with Gasteiger partial charge < -0.3 is 0 Å². The van der Waals surface area contributed by atoms with Gasteiger partial charge in [0.15, 0.2) is 0 Å². The minimum Gasteiger partial charge on any atom is -0.210 e. The van der Waals surface area contributed by atoms with Crippen molar-refractivity contribution in [2.24, 2.45) is 0 Å². The number of benzene rings is 1. The maximum atomic E-state index is 12.7. The molecule has 0 atom stereocenters. The summed E-state index contributed by atoms with van der Waals surface area (Å²) in [6, 6.07) is 9.28. The highest BCUT2D eigenvalue weighted by Crippen LogP contribution is 2.25. The second-order valence-corrected chi connectivity index (χ2v) is 8.99. The number of thiophene rings is 1. The van der Waals surface area contributed by atoms with Crippen LogP contribution in [0, 0.1) is 5.82 Å². The lowest BCUT2D eigenvalue weighted by molar-refractivity contribution is 0.583. The van der Waals surface area contributed by atoms with Crippen molar-refractivity contribution in [2.75, 3.05) is 12.3 Å². The molecule has 0 saturated heterocycles. The van der Waals surface area contributed by atoms with E-state index in [0.29, 0.717) is 17.3 Å². The van der Waals surface area contributed by atoms with E-state index in [1.165, 1.54) is 18.2 Å². The highest BCUT2D eigenvalue weighted by Gasteiger charge is 2.15. The number of hydrogen-bond donors (Lipinski definition) is 1. The normalized spacial score (nSPS) is 11.7. The number of hydrogen-bond acceptors (Lipinski definition) is 4.